The molecule has 7 heteroatoms. The molecule has 0 saturated carbocycles. The molecule has 0 atom stereocenters. The lowest BCUT2D eigenvalue weighted by Gasteiger charge is -2.30. The molecule has 1 aliphatic heterocycles. The van der Waals surface area contributed by atoms with Crippen LogP contribution in [-0.4, -0.2) is 22.4 Å². The molecule has 0 aliphatic carbocycles. The van der Waals surface area contributed by atoms with Gasteiger partial charge in [-0.3, -0.25) is 4.79 Å². The van der Waals surface area contributed by atoms with Gasteiger partial charge in [-0.15, -0.1) is 0 Å². The Bertz CT molecular complexity index is 660. The largest absolute Gasteiger partial charge is 0.368 e. The summed E-state index contributed by atoms with van der Waals surface area (Å²) in [7, 11) is 0. The summed E-state index contributed by atoms with van der Waals surface area (Å²) in [4.78, 5) is 21.4. The highest BCUT2D eigenvalue weighted by molar-refractivity contribution is 6.33. The Morgan fingerprint density at radius 3 is 3.00 bits per heavy atom. The summed E-state index contributed by atoms with van der Waals surface area (Å²) in [5, 5.41) is 3.14. The maximum atomic E-state index is 11.7. The number of nitrogens with one attached hydrogen (secondary N) is 1. The van der Waals surface area contributed by atoms with Gasteiger partial charge in [0.25, 0.3) is 0 Å². The van der Waals surface area contributed by atoms with Gasteiger partial charge in [0.2, 0.25) is 11.9 Å². The molecule has 96 valence electrons. The van der Waals surface area contributed by atoms with Crippen LogP contribution in [0.15, 0.2) is 30.5 Å². The molecule has 1 aliphatic rings. The Balaban J connectivity index is 2.15. The minimum atomic E-state index is -0.132. The Kier molecular flexibility index (Phi) is 2.72. The highest BCUT2D eigenvalue weighted by atomic mass is 35.5. The number of hydrogen-bond donors (Lipinski definition) is 2. The highest BCUT2D eigenvalue weighted by Gasteiger charge is 2.25. The molecular weight excluding hydrogens is 266 g/mol. The number of carbonyl (C=O) groups is 1. The van der Waals surface area contributed by atoms with Gasteiger partial charge in [-0.2, -0.15) is 4.98 Å². The molecule has 2 heterocycles. The molecule has 2 aromatic rings. The van der Waals surface area contributed by atoms with Crippen molar-refractivity contribution >= 4 is 40.6 Å². The number of rotatable bonds is 1. The minimum absolute atomic E-state index is 0.114. The summed E-state index contributed by atoms with van der Waals surface area (Å²) in [5.74, 6) is 0.409. The quantitative estimate of drug-likeness (QED) is 0.829. The second-order valence-corrected chi connectivity index (χ2v) is 4.46. The molecular formula is C12H10ClN5O. The van der Waals surface area contributed by atoms with E-state index in [1.54, 1.807) is 4.90 Å². The molecule has 3 rings (SSSR count). The van der Waals surface area contributed by atoms with Gasteiger partial charge in [-0.05, 0) is 12.1 Å². The van der Waals surface area contributed by atoms with Crippen molar-refractivity contribution in [2.75, 3.05) is 22.5 Å². The average molecular weight is 276 g/mol. The summed E-state index contributed by atoms with van der Waals surface area (Å²) < 4.78 is 0. The summed E-state index contributed by atoms with van der Waals surface area (Å²) in [6.45, 7) is 0.132. The van der Waals surface area contributed by atoms with Crippen LogP contribution in [0.4, 0.5) is 23.1 Å². The van der Waals surface area contributed by atoms with Crippen molar-refractivity contribution in [1.29, 1.82) is 0 Å². The summed E-state index contributed by atoms with van der Waals surface area (Å²) >= 11 is 6.09. The SMILES string of the molecule is Nc1ncc(Cl)c(N2CC(=O)Nc3ccccc32)n1. The number of aromatic nitrogens is 2. The van der Waals surface area contributed by atoms with Gasteiger partial charge in [-0.25, -0.2) is 4.98 Å². The zero-order chi connectivity index (χ0) is 13.4. The zero-order valence-electron chi connectivity index (χ0n) is 9.80. The first-order valence-corrected chi connectivity index (χ1v) is 5.97. The molecule has 0 saturated heterocycles. The van der Waals surface area contributed by atoms with Crippen LogP contribution in [0, 0.1) is 0 Å². The van der Waals surface area contributed by atoms with E-state index in [0.29, 0.717) is 16.5 Å². The number of amides is 1. The van der Waals surface area contributed by atoms with Crippen LogP contribution in [0.5, 0.6) is 0 Å². The molecule has 0 radical (unpaired) electrons. The monoisotopic (exact) mass is 275 g/mol. The number of halogens is 1. The third-order valence-corrected chi connectivity index (χ3v) is 3.04. The first kappa shape index (κ1) is 11.7. The third-order valence-electron chi connectivity index (χ3n) is 2.77. The van der Waals surface area contributed by atoms with E-state index in [1.807, 2.05) is 24.3 Å². The first-order valence-electron chi connectivity index (χ1n) is 5.59. The smallest absolute Gasteiger partial charge is 0.244 e. The predicted octanol–water partition coefficient (Wildman–Crippen LogP) is 1.80. The predicted molar refractivity (Wildman–Crippen MR) is 73.5 cm³/mol. The van der Waals surface area contributed by atoms with Crippen molar-refractivity contribution < 1.29 is 4.79 Å². The number of para-hydroxylation sites is 2. The normalized spacial score (nSPS) is 13.9. The highest BCUT2D eigenvalue weighted by Crippen LogP contribution is 2.36. The van der Waals surface area contributed by atoms with Crippen molar-refractivity contribution in [3.63, 3.8) is 0 Å². The lowest BCUT2D eigenvalue weighted by molar-refractivity contribution is -0.115. The van der Waals surface area contributed by atoms with E-state index in [-0.39, 0.29) is 18.4 Å². The first-order chi connectivity index (χ1) is 9.15. The van der Waals surface area contributed by atoms with E-state index in [4.69, 9.17) is 17.3 Å². The minimum Gasteiger partial charge on any atom is -0.368 e. The Morgan fingerprint density at radius 1 is 1.37 bits per heavy atom. The van der Waals surface area contributed by atoms with Crippen LogP contribution in [0.3, 0.4) is 0 Å². The molecule has 0 bridgehead atoms. The number of hydrogen-bond acceptors (Lipinski definition) is 5. The molecule has 0 spiro atoms. The van der Waals surface area contributed by atoms with Crippen LogP contribution in [-0.2, 0) is 4.79 Å². The zero-order valence-corrected chi connectivity index (χ0v) is 10.6. The molecule has 1 aromatic carbocycles. The van der Waals surface area contributed by atoms with Gasteiger partial charge in [0.05, 0.1) is 17.6 Å². The Labute approximate surface area is 114 Å². The fourth-order valence-corrected chi connectivity index (χ4v) is 2.18. The molecule has 1 amide bonds. The van der Waals surface area contributed by atoms with Crippen LogP contribution in [0.25, 0.3) is 0 Å². The topological polar surface area (TPSA) is 84.1 Å². The Hall–Kier alpha value is -2.34. The van der Waals surface area contributed by atoms with E-state index in [2.05, 4.69) is 15.3 Å². The molecule has 3 N–H and O–H groups in total. The summed E-state index contributed by atoms with van der Waals surface area (Å²) in [5.41, 5.74) is 7.12. The maximum Gasteiger partial charge on any atom is 0.244 e. The number of nitrogens with zero attached hydrogens (tertiary/aromatic N) is 3. The van der Waals surface area contributed by atoms with Crippen molar-refractivity contribution in [3.8, 4) is 0 Å². The van der Waals surface area contributed by atoms with Crippen LogP contribution >= 0.6 is 11.6 Å². The van der Waals surface area contributed by atoms with E-state index in [1.165, 1.54) is 6.20 Å². The summed E-state index contributed by atoms with van der Waals surface area (Å²) in [6, 6.07) is 7.42. The second kappa shape index (κ2) is 4.40. The standard InChI is InChI=1S/C12H10ClN5O/c13-7-5-15-12(14)17-11(7)18-6-10(19)16-8-3-1-2-4-9(8)18/h1-5H,6H2,(H,16,19)(H2,14,15,17). The fourth-order valence-electron chi connectivity index (χ4n) is 1.98. The Morgan fingerprint density at radius 2 is 2.16 bits per heavy atom. The van der Waals surface area contributed by atoms with Gasteiger partial charge < -0.3 is 16.0 Å². The molecule has 6 nitrogen and oxygen atoms in total. The van der Waals surface area contributed by atoms with E-state index in [0.717, 1.165) is 5.69 Å². The molecule has 0 fully saturated rings. The van der Waals surface area contributed by atoms with E-state index < -0.39 is 0 Å². The van der Waals surface area contributed by atoms with E-state index >= 15 is 0 Å². The summed E-state index contributed by atoms with van der Waals surface area (Å²) in [6.07, 6.45) is 1.42. The van der Waals surface area contributed by atoms with Crippen LogP contribution in [0.2, 0.25) is 5.02 Å². The van der Waals surface area contributed by atoms with Crippen LogP contribution in [0.1, 0.15) is 0 Å². The van der Waals surface area contributed by atoms with Gasteiger partial charge in [-0.1, -0.05) is 23.7 Å². The number of carbonyl (C=O) groups excluding carboxylic acids is 1. The number of nitrogen functional groups attached to an aromatic ring is 1. The van der Waals surface area contributed by atoms with E-state index in [9.17, 15) is 4.79 Å². The third kappa shape index (κ3) is 2.06. The van der Waals surface area contributed by atoms with Crippen molar-refractivity contribution in [1.82, 2.24) is 9.97 Å². The second-order valence-electron chi connectivity index (χ2n) is 4.05. The fraction of sp³-hybridized carbons (Fsp3) is 0.0833. The lowest BCUT2D eigenvalue weighted by Crippen LogP contribution is -2.35. The van der Waals surface area contributed by atoms with Crippen molar-refractivity contribution in [2.24, 2.45) is 0 Å². The van der Waals surface area contributed by atoms with Gasteiger partial charge in [0.15, 0.2) is 5.82 Å². The molecule has 0 unspecified atom stereocenters. The van der Waals surface area contributed by atoms with Gasteiger partial charge >= 0.3 is 0 Å². The molecule has 1 aromatic heterocycles. The van der Waals surface area contributed by atoms with Crippen LogP contribution < -0.4 is 16.0 Å². The lowest BCUT2D eigenvalue weighted by atomic mass is 10.2. The van der Waals surface area contributed by atoms with Gasteiger partial charge in [0.1, 0.15) is 11.6 Å². The molecule has 19 heavy (non-hydrogen) atoms. The number of fused-ring (bicyclic) bond motifs is 1. The van der Waals surface area contributed by atoms with Crippen molar-refractivity contribution in [3.05, 3.63) is 35.5 Å². The number of anilines is 4. The maximum absolute atomic E-state index is 11.7. The average Bonchev–Trinajstić information content (AvgIpc) is 2.40. The van der Waals surface area contributed by atoms with Gasteiger partial charge in [0, 0.05) is 0 Å². The number of nitrogens with two attached hydrogens (primary N) is 1. The number of benzene rings is 1. The van der Waals surface area contributed by atoms with Crippen molar-refractivity contribution in [2.45, 2.75) is 0 Å².